The predicted octanol–water partition coefficient (Wildman–Crippen LogP) is 6.99. The zero-order chi connectivity index (χ0) is 21.1. The van der Waals surface area contributed by atoms with Gasteiger partial charge in [-0.25, -0.2) is 0 Å². The van der Waals surface area contributed by atoms with Crippen molar-refractivity contribution in [1.82, 2.24) is 0 Å². The van der Waals surface area contributed by atoms with Crippen LogP contribution in [0, 0.1) is 5.41 Å². The highest BCUT2D eigenvalue weighted by molar-refractivity contribution is 5.99. The summed E-state index contributed by atoms with van der Waals surface area (Å²) in [5.74, 6) is -0.953. The summed E-state index contributed by atoms with van der Waals surface area (Å²) < 4.78 is 10.6. The van der Waals surface area contributed by atoms with Crippen molar-refractivity contribution in [2.75, 3.05) is 13.2 Å². The summed E-state index contributed by atoms with van der Waals surface area (Å²) in [5, 5.41) is 0. The molecule has 0 aromatic heterocycles. The maximum absolute atomic E-state index is 12.2. The van der Waals surface area contributed by atoms with E-state index >= 15 is 0 Å². The van der Waals surface area contributed by atoms with Gasteiger partial charge >= 0.3 is 11.9 Å². The van der Waals surface area contributed by atoms with Gasteiger partial charge in [0.25, 0.3) is 0 Å². The lowest BCUT2D eigenvalue weighted by molar-refractivity contribution is -0.169. The summed E-state index contributed by atoms with van der Waals surface area (Å²) in [6, 6.07) is 0. The Hall–Kier alpha value is -1.06. The molecule has 0 radical (unpaired) electrons. The highest BCUT2D eigenvalue weighted by atomic mass is 16.6. The fourth-order valence-corrected chi connectivity index (χ4v) is 3.07. The molecule has 0 fully saturated rings. The van der Waals surface area contributed by atoms with E-state index in [1.54, 1.807) is 13.8 Å². The Morgan fingerprint density at radius 3 is 1.18 bits per heavy atom. The van der Waals surface area contributed by atoms with E-state index in [-0.39, 0.29) is 0 Å². The predicted molar refractivity (Wildman–Crippen MR) is 116 cm³/mol. The number of hydrogen-bond donors (Lipinski definition) is 0. The second-order valence-corrected chi connectivity index (χ2v) is 8.49. The lowest BCUT2D eigenvalue weighted by Crippen LogP contribution is -2.37. The number of ether oxygens (including phenoxy) is 2. The minimum atomic E-state index is -1.22. The minimum absolute atomic E-state index is 0.383. The van der Waals surface area contributed by atoms with Crippen LogP contribution < -0.4 is 0 Å². The largest absolute Gasteiger partial charge is 0.465 e. The molecule has 0 unspecified atom stereocenters. The average molecular weight is 399 g/mol. The molecule has 0 atom stereocenters. The van der Waals surface area contributed by atoms with E-state index in [2.05, 4.69) is 13.8 Å². The van der Waals surface area contributed by atoms with Gasteiger partial charge in [0.05, 0.1) is 13.2 Å². The molecule has 0 aliphatic heterocycles. The van der Waals surface area contributed by atoms with Gasteiger partial charge in [-0.3, -0.25) is 9.59 Å². The van der Waals surface area contributed by atoms with Crippen molar-refractivity contribution < 1.29 is 19.1 Å². The van der Waals surface area contributed by atoms with Gasteiger partial charge in [-0.15, -0.1) is 0 Å². The van der Waals surface area contributed by atoms with Gasteiger partial charge < -0.3 is 9.47 Å². The molecule has 0 bridgehead atoms. The Balaban J connectivity index is 3.66. The first-order valence-electron chi connectivity index (χ1n) is 11.8. The maximum Gasteiger partial charge on any atom is 0.322 e. The number of hydrogen-bond acceptors (Lipinski definition) is 4. The second-order valence-electron chi connectivity index (χ2n) is 8.49. The molecule has 28 heavy (non-hydrogen) atoms. The maximum atomic E-state index is 12.2. The Bertz CT molecular complexity index is 390. The van der Waals surface area contributed by atoms with Crippen molar-refractivity contribution in [3.8, 4) is 0 Å². The molecule has 166 valence electrons. The van der Waals surface area contributed by atoms with Crippen LogP contribution in [0.4, 0.5) is 0 Å². The van der Waals surface area contributed by atoms with Crippen LogP contribution in [0.15, 0.2) is 0 Å². The molecule has 0 aromatic rings. The molecule has 0 N–H and O–H groups in total. The minimum Gasteiger partial charge on any atom is -0.465 e. The van der Waals surface area contributed by atoms with Crippen LogP contribution in [0.1, 0.15) is 124 Å². The average Bonchev–Trinajstić information content (AvgIpc) is 2.68. The Kier molecular flexibility index (Phi) is 17.3. The number of rotatable bonds is 19. The zero-order valence-electron chi connectivity index (χ0n) is 19.2. The van der Waals surface area contributed by atoms with Crippen molar-refractivity contribution in [3.05, 3.63) is 0 Å². The van der Waals surface area contributed by atoms with Crippen LogP contribution in [-0.2, 0) is 19.1 Å². The molecule has 0 spiro atoms. The molecule has 4 nitrogen and oxygen atoms in total. The van der Waals surface area contributed by atoms with E-state index in [1.807, 2.05) is 0 Å². The summed E-state index contributed by atoms with van der Waals surface area (Å²) in [7, 11) is 0. The second kappa shape index (κ2) is 18.0. The molecule has 0 aliphatic rings. The highest BCUT2D eigenvalue weighted by Crippen LogP contribution is 2.20. The van der Waals surface area contributed by atoms with Gasteiger partial charge in [0, 0.05) is 0 Å². The first-order chi connectivity index (χ1) is 13.5. The van der Waals surface area contributed by atoms with Crippen molar-refractivity contribution in [3.63, 3.8) is 0 Å². The normalized spacial score (nSPS) is 11.4. The number of esters is 2. The van der Waals surface area contributed by atoms with Crippen LogP contribution in [0.25, 0.3) is 0 Å². The monoisotopic (exact) mass is 398 g/mol. The molecular formula is C24H46O4. The standard InChI is InChI=1S/C24H46O4/c1-5-7-9-11-12-13-14-15-16-17-19-21-28-23(26)24(3,4)22(25)27-20-18-10-8-6-2/h5-21H2,1-4H3. The van der Waals surface area contributed by atoms with E-state index < -0.39 is 17.4 Å². The molecule has 0 heterocycles. The van der Waals surface area contributed by atoms with Crippen LogP contribution >= 0.6 is 0 Å². The zero-order valence-corrected chi connectivity index (χ0v) is 19.2. The van der Waals surface area contributed by atoms with E-state index in [0.29, 0.717) is 13.2 Å². The summed E-state index contributed by atoms with van der Waals surface area (Å²) in [6.07, 6.45) is 18.0. The lowest BCUT2D eigenvalue weighted by atomic mass is 9.94. The Morgan fingerprint density at radius 1 is 0.536 bits per heavy atom. The molecular weight excluding hydrogens is 352 g/mol. The molecule has 4 heteroatoms. The molecule has 0 saturated carbocycles. The topological polar surface area (TPSA) is 52.6 Å². The van der Waals surface area contributed by atoms with Crippen molar-refractivity contribution >= 4 is 11.9 Å². The van der Waals surface area contributed by atoms with Gasteiger partial charge in [0.1, 0.15) is 0 Å². The van der Waals surface area contributed by atoms with Crippen molar-refractivity contribution in [2.24, 2.45) is 5.41 Å². The van der Waals surface area contributed by atoms with Crippen molar-refractivity contribution in [1.29, 1.82) is 0 Å². The van der Waals surface area contributed by atoms with Crippen LogP contribution in [-0.4, -0.2) is 25.2 Å². The molecule has 0 amide bonds. The third-order valence-corrected chi connectivity index (χ3v) is 5.23. The van der Waals surface area contributed by atoms with Gasteiger partial charge in [-0.1, -0.05) is 97.3 Å². The first-order valence-corrected chi connectivity index (χ1v) is 11.8. The van der Waals surface area contributed by atoms with Gasteiger partial charge in [0.15, 0.2) is 5.41 Å². The van der Waals surface area contributed by atoms with Gasteiger partial charge in [-0.2, -0.15) is 0 Å². The third kappa shape index (κ3) is 14.0. The smallest absolute Gasteiger partial charge is 0.322 e. The van der Waals surface area contributed by atoms with Gasteiger partial charge in [0.2, 0.25) is 0 Å². The quantitative estimate of drug-likeness (QED) is 0.134. The molecule has 0 rings (SSSR count). The SMILES string of the molecule is CCCCCCCCCCCCCOC(=O)C(C)(C)C(=O)OCCCCCC. The van der Waals surface area contributed by atoms with Crippen LogP contribution in [0.2, 0.25) is 0 Å². The number of carbonyl (C=O) groups excluding carboxylic acids is 2. The number of carbonyl (C=O) groups is 2. The summed E-state index contributed by atoms with van der Waals surface area (Å²) in [5.41, 5.74) is -1.22. The summed E-state index contributed by atoms with van der Waals surface area (Å²) in [4.78, 5) is 24.3. The molecule has 0 aliphatic carbocycles. The Labute approximate surface area is 174 Å². The molecule has 0 aromatic carbocycles. The van der Waals surface area contributed by atoms with Gasteiger partial charge in [-0.05, 0) is 26.7 Å². The Morgan fingerprint density at radius 2 is 0.821 bits per heavy atom. The van der Waals surface area contributed by atoms with Crippen LogP contribution in [0.3, 0.4) is 0 Å². The van der Waals surface area contributed by atoms with E-state index in [9.17, 15) is 9.59 Å². The highest BCUT2D eigenvalue weighted by Gasteiger charge is 2.39. The fraction of sp³-hybridized carbons (Fsp3) is 0.917. The summed E-state index contributed by atoms with van der Waals surface area (Å²) in [6.45, 7) is 8.34. The number of unbranched alkanes of at least 4 members (excludes halogenated alkanes) is 13. The summed E-state index contributed by atoms with van der Waals surface area (Å²) >= 11 is 0. The lowest BCUT2D eigenvalue weighted by Gasteiger charge is -2.20. The van der Waals surface area contributed by atoms with Crippen molar-refractivity contribution in [2.45, 2.75) is 124 Å². The third-order valence-electron chi connectivity index (χ3n) is 5.23. The van der Waals surface area contributed by atoms with E-state index in [4.69, 9.17) is 9.47 Å². The van der Waals surface area contributed by atoms with E-state index in [1.165, 1.54) is 57.8 Å². The van der Waals surface area contributed by atoms with E-state index in [0.717, 1.165) is 38.5 Å². The van der Waals surface area contributed by atoms with Crippen LogP contribution in [0.5, 0.6) is 0 Å². The first kappa shape index (κ1) is 26.9. The molecule has 0 saturated heterocycles. The fourth-order valence-electron chi connectivity index (χ4n) is 3.07.